The molecule has 1 heterocycles. The average Bonchev–Trinajstić information content (AvgIpc) is 2.79. The van der Waals surface area contributed by atoms with E-state index in [0.29, 0.717) is 11.5 Å². The molecule has 0 aliphatic carbocycles. The Kier molecular flexibility index (Phi) is 2.49. The smallest absolute Gasteiger partial charge is 0.401 e. The number of rotatable bonds is 2. The minimum absolute atomic E-state index is 0.697. The van der Waals surface area contributed by atoms with Gasteiger partial charge in [-0.25, -0.2) is 0 Å². The largest absolute Gasteiger partial charge is 0.422 e. The van der Waals surface area contributed by atoms with E-state index in [2.05, 4.69) is 0 Å². The third-order valence-corrected chi connectivity index (χ3v) is 3.08. The molecule has 1 aliphatic heterocycles. The van der Waals surface area contributed by atoms with E-state index >= 15 is 0 Å². The molecule has 0 bridgehead atoms. The maximum absolute atomic E-state index is 5.87. The molecule has 0 saturated carbocycles. The molecule has 0 fully saturated rings. The predicted molar refractivity (Wildman–Crippen MR) is 67.6 cm³/mol. The van der Waals surface area contributed by atoms with E-state index < -0.39 is 5.97 Å². The lowest BCUT2D eigenvalue weighted by Gasteiger charge is -2.26. The highest BCUT2D eigenvalue weighted by atomic mass is 16.9. The van der Waals surface area contributed by atoms with Crippen LogP contribution in [0.4, 0.5) is 0 Å². The monoisotopic (exact) mass is 242 g/mol. The first kappa shape index (κ1) is 11.1. The summed E-state index contributed by atoms with van der Waals surface area (Å²) in [5.74, 6) is 0.222. The van der Waals surface area contributed by atoms with E-state index in [1.54, 1.807) is 7.11 Å². The Morgan fingerprint density at radius 2 is 1.44 bits per heavy atom. The Balaban J connectivity index is 2.08. The summed E-state index contributed by atoms with van der Waals surface area (Å²) in [5.41, 5.74) is 1.94. The summed E-state index contributed by atoms with van der Waals surface area (Å²) in [6, 6.07) is 15.4. The number of ether oxygens (including phenoxy) is 3. The molecule has 18 heavy (non-hydrogen) atoms. The van der Waals surface area contributed by atoms with E-state index in [-0.39, 0.29) is 0 Å². The van der Waals surface area contributed by atoms with Crippen LogP contribution in [0.15, 0.2) is 48.5 Å². The molecule has 3 nitrogen and oxygen atoms in total. The first-order valence-corrected chi connectivity index (χ1v) is 5.83. The third-order valence-electron chi connectivity index (χ3n) is 3.08. The number of aryl methyl sites for hydroxylation is 1. The fourth-order valence-corrected chi connectivity index (χ4v) is 2.15. The van der Waals surface area contributed by atoms with Gasteiger partial charge < -0.3 is 14.2 Å². The van der Waals surface area contributed by atoms with Crippen molar-refractivity contribution in [2.45, 2.75) is 12.9 Å². The second kappa shape index (κ2) is 4.03. The van der Waals surface area contributed by atoms with Crippen molar-refractivity contribution in [1.29, 1.82) is 0 Å². The molecule has 0 saturated heterocycles. The van der Waals surface area contributed by atoms with Crippen molar-refractivity contribution in [2.24, 2.45) is 0 Å². The molecule has 3 heteroatoms. The van der Waals surface area contributed by atoms with Gasteiger partial charge in [-0.3, -0.25) is 0 Å². The summed E-state index contributed by atoms with van der Waals surface area (Å²) in [5, 5.41) is 0. The molecule has 0 unspecified atom stereocenters. The van der Waals surface area contributed by atoms with Gasteiger partial charge >= 0.3 is 5.97 Å². The van der Waals surface area contributed by atoms with E-state index in [9.17, 15) is 0 Å². The standard InChI is InChI=1S/C15H14O3/c1-11-7-3-4-8-12(11)15(16-2)17-13-9-5-6-10-14(13)18-15/h3-10H,1-2H3. The summed E-state index contributed by atoms with van der Waals surface area (Å²) >= 11 is 0. The Bertz CT molecular complexity index is 552. The van der Waals surface area contributed by atoms with Crippen molar-refractivity contribution in [2.75, 3.05) is 7.11 Å². The van der Waals surface area contributed by atoms with Crippen LogP contribution in [0.5, 0.6) is 11.5 Å². The maximum Gasteiger partial charge on any atom is 0.401 e. The zero-order valence-corrected chi connectivity index (χ0v) is 10.3. The minimum Gasteiger partial charge on any atom is -0.422 e. The number of para-hydroxylation sites is 2. The molecule has 1 aliphatic rings. The first-order valence-electron chi connectivity index (χ1n) is 5.83. The van der Waals surface area contributed by atoms with Gasteiger partial charge in [0.15, 0.2) is 11.5 Å². The number of hydrogen-bond donors (Lipinski definition) is 0. The van der Waals surface area contributed by atoms with E-state index in [1.807, 2.05) is 55.5 Å². The molecule has 2 aromatic carbocycles. The van der Waals surface area contributed by atoms with Crippen molar-refractivity contribution >= 4 is 0 Å². The SMILES string of the molecule is COC1(c2ccccc2C)Oc2ccccc2O1. The molecule has 2 aromatic rings. The highest BCUT2D eigenvalue weighted by molar-refractivity contribution is 5.44. The van der Waals surface area contributed by atoms with Crippen molar-refractivity contribution in [3.05, 3.63) is 59.7 Å². The molecule has 0 aromatic heterocycles. The number of fused-ring (bicyclic) bond motifs is 1. The highest BCUT2D eigenvalue weighted by Gasteiger charge is 2.45. The molecule has 0 atom stereocenters. The molecule has 0 radical (unpaired) electrons. The quantitative estimate of drug-likeness (QED) is 0.809. The van der Waals surface area contributed by atoms with Crippen LogP contribution in [-0.4, -0.2) is 7.11 Å². The van der Waals surface area contributed by atoms with Gasteiger partial charge in [-0.15, -0.1) is 0 Å². The minimum atomic E-state index is -1.17. The average molecular weight is 242 g/mol. The van der Waals surface area contributed by atoms with Crippen LogP contribution in [-0.2, 0) is 10.7 Å². The van der Waals surface area contributed by atoms with E-state index in [4.69, 9.17) is 14.2 Å². The lowest BCUT2D eigenvalue weighted by atomic mass is 10.1. The molecule has 3 rings (SSSR count). The Morgan fingerprint density at radius 3 is 2.00 bits per heavy atom. The molecule has 0 spiro atoms. The topological polar surface area (TPSA) is 27.7 Å². The number of benzene rings is 2. The molecule has 92 valence electrons. The second-order valence-electron chi connectivity index (χ2n) is 4.23. The van der Waals surface area contributed by atoms with Gasteiger partial charge in [-0.2, -0.15) is 0 Å². The number of methoxy groups -OCH3 is 1. The number of hydrogen-bond acceptors (Lipinski definition) is 3. The van der Waals surface area contributed by atoms with Gasteiger partial charge in [-0.1, -0.05) is 30.3 Å². The molecule has 0 N–H and O–H groups in total. The second-order valence-corrected chi connectivity index (χ2v) is 4.23. The first-order chi connectivity index (χ1) is 8.75. The summed E-state index contributed by atoms with van der Waals surface area (Å²) < 4.78 is 17.2. The zero-order chi connectivity index (χ0) is 12.6. The van der Waals surface area contributed by atoms with Crippen LogP contribution in [0.3, 0.4) is 0 Å². The lowest BCUT2D eigenvalue weighted by molar-refractivity contribution is -0.279. The van der Waals surface area contributed by atoms with Crippen molar-refractivity contribution < 1.29 is 14.2 Å². The van der Waals surface area contributed by atoms with Crippen molar-refractivity contribution in [3.63, 3.8) is 0 Å². The van der Waals surface area contributed by atoms with Crippen LogP contribution >= 0.6 is 0 Å². The normalized spacial score (nSPS) is 15.7. The van der Waals surface area contributed by atoms with Gasteiger partial charge in [-0.05, 0) is 30.7 Å². The predicted octanol–water partition coefficient (Wildman–Crippen LogP) is 3.22. The Labute approximate surface area is 106 Å². The van der Waals surface area contributed by atoms with Crippen LogP contribution in [0, 0.1) is 6.92 Å². The lowest BCUT2D eigenvalue weighted by Crippen LogP contribution is -2.38. The van der Waals surface area contributed by atoms with E-state index in [0.717, 1.165) is 11.1 Å². The Morgan fingerprint density at radius 1 is 0.889 bits per heavy atom. The van der Waals surface area contributed by atoms with Gasteiger partial charge in [0, 0.05) is 7.11 Å². The fraction of sp³-hybridized carbons (Fsp3) is 0.200. The van der Waals surface area contributed by atoms with Crippen LogP contribution in [0.25, 0.3) is 0 Å². The Hall–Kier alpha value is -2.00. The maximum atomic E-state index is 5.87. The molecule has 0 amide bonds. The van der Waals surface area contributed by atoms with Gasteiger partial charge in [0.25, 0.3) is 0 Å². The summed E-state index contributed by atoms with van der Waals surface area (Å²) in [6.45, 7) is 2.01. The zero-order valence-electron chi connectivity index (χ0n) is 10.3. The van der Waals surface area contributed by atoms with E-state index in [1.165, 1.54) is 0 Å². The van der Waals surface area contributed by atoms with Crippen LogP contribution in [0.1, 0.15) is 11.1 Å². The summed E-state index contributed by atoms with van der Waals surface area (Å²) in [7, 11) is 1.58. The van der Waals surface area contributed by atoms with Gasteiger partial charge in [0.1, 0.15) is 0 Å². The van der Waals surface area contributed by atoms with Gasteiger partial charge in [0.2, 0.25) is 0 Å². The summed E-state index contributed by atoms with van der Waals surface area (Å²) in [6.07, 6.45) is 0. The fourth-order valence-electron chi connectivity index (χ4n) is 2.15. The van der Waals surface area contributed by atoms with Crippen LogP contribution < -0.4 is 9.47 Å². The van der Waals surface area contributed by atoms with Crippen molar-refractivity contribution in [1.82, 2.24) is 0 Å². The highest BCUT2D eigenvalue weighted by Crippen LogP contribution is 2.44. The van der Waals surface area contributed by atoms with Gasteiger partial charge in [0.05, 0.1) is 5.56 Å². The molecular weight excluding hydrogens is 228 g/mol. The van der Waals surface area contributed by atoms with Crippen molar-refractivity contribution in [3.8, 4) is 11.5 Å². The molecular formula is C15H14O3. The summed E-state index contributed by atoms with van der Waals surface area (Å²) in [4.78, 5) is 0. The van der Waals surface area contributed by atoms with Crippen LogP contribution in [0.2, 0.25) is 0 Å². The third kappa shape index (κ3) is 1.56.